The molecule has 0 radical (unpaired) electrons. The molecule has 1 amide bonds. The first-order chi connectivity index (χ1) is 8.79. The fourth-order valence-electron chi connectivity index (χ4n) is 2.03. The van der Waals surface area contributed by atoms with Gasteiger partial charge >= 0.3 is 0 Å². The molecule has 0 atom stereocenters. The van der Waals surface area contributed by atoms with Crippen molar-refractivity contribution < 1.29 is 13.9 Å². The van der Waals surface area contributed by atoms with E-state index in [2.05, 4.69) is 0 Å². The van der Waals surface area contributed by atoms with Crippen molar-refractivity contribution in [1.29, 1.82) is 0 Å². The van der Waals surface area contributed by atoms with Crippen LogP contribution < -0.4 is 4.74 Å². The van der Waals surface area contributed by atoms with Gasteiger partial charge in [0, 0.05) is 17.7 Å². The Bertz CT molecular complexity index is 587. The predicted octanol–water partition coefficient (Wildman–Crippen LogP) is 2.59. The minimum Gasteiger partial charge on any atom is -0.493 e. The maximum atomic E-state index is 12.2. The topological polar surface area (TPSA) is 42.7 Å². The summed E-state index contributed by atoms with van der Waals surface area (Å²) >= 11 is 1.76. The van der Waals surface area contributed by atoms with E-state index in [1.807, 2.05) is 18.2 Å². The van der Waals surface area contributed by atoms with E-state index in [0.29, 0.717) is 17.1 Å². The maximum Gasteiger partial charge on any atom is 0.290 e. The molecule has 0 N–H and O–H groups in total. The van der Waals surface area contributed by atoms with E-state index in [9.17, 15) is 4.79 Å². The average molecular weight is 263 g/mol. The van der Waals surface area contributed by atoms with Gasteiger partial charge in [0.2, 0.25) is 0 Å². The van der Waals surface area contributed by atoms with Crippen LogP contribution in [0, 0.1) is 0 Å². The molecule has 1 aromatic carbocycles. The summed E-state index contributed by atoms with van der Waals surface area (Å²) in [6.45, 7) is 0.789. The second kappa shape index (κ2) is 4.57. The molecule has 0 unspecified atom stereocenters. The van der Waals surface area contributed by atoms with Crippen molar-refractivity contribution in [1.82, 2.24) is 4.90 Å². The van der Waals surface area contributed by atoms with Crippen LogP contribution in [0.25, 0.3) is 11.0 Å². The first-order valence-corrected chi connectivity index (χ1v) is 6.88. The summed E-state index contributed by atoms with van der Waals surface area (Å²) in [4.78, 5) is 14.0. The van der Waals surface area contributed by atoms with Crippen LogP contribution in [0.15, 0.2) is 28.7 Å². The summed E-state index contributed by atoms with van der Waals surface area (Å²) in [5, 5.41) is 0.893. The number of thioether (sulfide) groups is 1. The molecule has 1 aliphatic heterocycles. The minimum atomic E-state index is -0.0433. The van der Waals surface area contributed by atoms with Gasteiger partial charge in [-0.1, -0.05) is 12.1 Å². The number of methoxy groups -OCH3 is 1. The number of fused-ring (bicyclic) bond motifs is 1. The Morgan fingerprint density at radius 1 is 1.50 bits per heavy atom. The SMILES string of the molecule is COc1cccc2cc(C(=O)N3CCSC3)oc12. The van der Waals surface area contributed by atoms with Crippen LogP contribution >= 0.6 is 11.8 Å². The summed E-state index contributed by atoms with van der Waals surface area (Å²) in [7, 11) is 1.59. The number of amides is 1. The molecule has 0 spiro atoms. The molecule has 2 heterocycles. The van der Waals surface area contributed by atoms with Gasteiger partial charge in [-0.25, -0.2) is 0 Å². The third-order valence-corrected chi connectivity index (χ3v) is 3.94. The number of rotatable bonds is 2. The molecule has 1 saturated heterocycles. The van der Waals surface area contributed by atoms with Crippen LogP contribution in [0.3, 0.4) is 0 Å². The number of para-hydroxylation sites is 1. The summed E-state index contributed by atoms with van der Waals surface area (Å²) < 4.78 is 10.9. The Morgan fingerprint density at radius 3 is 3.11 bits per heavy atom. The summed E-state index contributed by atoms with van der Waals surface area (Å²) in [6, 6.07) is 7.41. The van der Waals surface area contributed by atoms with Crippen LogP contribution in [0.4, 0.5) is 0 Å². The van der Waals surface area contributed by atoms with Crippen LogP contribution in [0.5, 0.6) is 5.75 Å². The molecule has 4 nitrogen and oxygen atoms in total. The van der Waals surface area contributed by atoms with Crippen LogP contribution in [-0.4, -0.2) is 36.1 Å². The summed E-state index contributed by atoms with van der Waals surface area (Å²) in [6.07, 6.45) is 0. The van der Waals surface area contributed by atoms with Gasteiger partial charge < -0.3 is 14.1 Å². The van der Waals surface area contributed by atoms with Crippen molar-refractivity contribution in [2.75, 3.05) is 25.3 Å². The summed E-state index contributed by atoms with van der Waals surface area (Å²) in [5.74, 6) is 2.74. The largest absolute Gasteiger partial charge is 0.493 e. The molecule has 1 aliphatic rings. The molecule has 18 heavy (non-hydrogen) atoms. The quantitative estimate of drug-likeness (QED) is 0.835. The van der Waals surface area contributed by atoms with Gasteiger partial charge in [-0.15, -0.1) is 11.8 Å². The molecule has 94 valence electrons. The smallest absolute Gasteiger partial charge is 0.290 e. The Labute approximate surface area is 109 Å². The molecule has 5 heteroatoms. The first-order valence-electron chi connectivity index (χ1n) is 5.73. The zero-order chi connectivity index (χ0) is 12.5. The van der Waals surface area contributed by atoms with E-state index in [0.717, 1.165) is 23.6 Å². The van der Waals surface area contributed by atoms with Crippen molar-refractivity contribution >= 4 is 28.6 Å². The number of nitrogens with zero attached hydrogens (tertiary/aromatic N) is 1. The molecular formula is C13H13NO3S. The number of hydrogen-bond acceptors (Lipinski definition) is 4. The van der Waals surface area contributed by atoms with Gasteiger partial charge in [-0.3, -0.25) is 4.79 Å². The molecule has 1 aromatic heterocycles. The third kappa shape index (κ3) is 1.84. The van der Waals surface area contributed by atoms with Crippen molar-refractivity contribution in [3.05, 3.63) is 30.0 Å². The normalized spacial score (nSPS) is 15.3. The summed E-state index contributed by atoms with van der Waals surface area (Å²) in [5.41, 5.74) is 0.634. The van der Waals surface area contributed by atoms with Crippen LogP contribution in [-0.2, 0) is 0 Å². The fraction of sp³-hybridized carbons (Fsp3) is 0.308. The highest BCUT2D eigenvalue weighted by Crippen LogP contribution is 2.29. The van der Waals surface area contributed by atoms with Crippen LogP contribution in [0.1, 0.15) is 10.6 Å². The Hall–Kier alpha value is -1.62. The van der Waals surface area contributed by atoms with Gasteiger partial charge in [-0.05, 0) is 12.1 Å². The van der Waals surface area contributed by atoms with E-state index >= 15 is 0 Å². The second-order valence-electron chi connectivity index (χ2n) is 4.10. The van der Waals surface area contributed by atoms with E-state index < -0.39 is 0 Å². The Morgan fingerprint density at radius 2 is 2.39 bits per heavy atom. The molecule has 0 aliphatic carbocycles. The van der Waals surface area contributed by atoms with Gasteiger partial charge in [0.15, 0.2) is 17.1 Å². The van der Waals surface area contributed by atoms with Gasteiger partial charge in [0.05, 0.1) is 13.0 Å². The molecule has 3 rings (SSSR count). The van der Waals surface area contributed by atoms with E-state index in [1.165, 1.54) is 0 Å². The van der Waals surface area contributed by atoms with E-state index in [1.54, 1.807) is 29.8 Å². The van der Waals surface area contributed by atoms with Crippen LogP contribution in [0.2, 0.25) is 0 Å². The van der Waals surface area contributed by atoms with Crippen molar-refractivity contribution in [3.63, 3.8) is 0 Å². The second-order valence-corrected chi connectivity index (χ2v) is 5.17. The monoisotopic (exact) mass is 263 g/mol. The number of ether oxygens (including phenoxy) is 1. The highest BCUT2D eigenvalue weighted by atomic mass is 32.2. The third-order valence-electron chi connectivity index (χ3n) is 2.98. The van der Waals surface area contributed by atoms with E-state index in [-0.39, 0.29) is 5.91 Å². The zero-order valence-corrected chi connectivity index (χ0v) is 10.8. The highest BCUT2D eigenvalue weighted by molar-refractivity contribution is 7.99. The maximum absolute atomic E-state index is 12.2. The molecule has 1 fully saturated rings. The lowest BCUT2D eigenvalue weighted by Crippen LogP contribution is -2.27. The van der Waals surface area contributed by atoms with Crippen molar-refractivity contribution in [3.8, 4) is 5.75 Å². The van der Waals surface area contributed by atoms with Crippen molar-refractivity contribution in [2.45, 2.75) is 0 Å². The number of furan rings is 1. The number of hydrogen-bond donors (Lipinski definition) is 0. The molecule has 2 aromatic rings. The Balaban J connectivity index is 2.00. The lowest BCUT2D eigenvalue weighted by atomic mass is 10.2. The number of carbonyl (C=O) groups is 1. The zero-order valence-electron chi connectivity index (χ0n) is 10.0. The molecule has 0 saturated carbocycles. The van der Waals surface area contributed by atoms with E-state index in [4.69, 9.17) is 9.15 Å². The molecule has 0 bridgehead atoms. The predicted molar refractivity (Wildman–Crippen MR) is 71.1 cm³/mol. The highest BCUT2D eigenvalue weighted by Gasteiger charge is 2.23. The van der Waals surface area contributed by atoms with Gasteiger partial charge in [-0.2, -0.15) is 0 Å². The lowest BCUT2D eigenvalue weighted by molar-refractivity contribution is 0.0773. The van der Waals surface area contributed by atoms with Crippen molar-refractivity contribution in [2.24, 2.45) is 0 Å². The van der Waals surface area contributed by atoms with Gasteiger partial charge in [0.1, 0.15) is 0 Å². The van der Waals surface area contributed by atoms with Gasteiger partial charge in [0.25, 0.3) is 5.91 Å². The number of benzene rings is 1. The average Bonchev–Trinajstić information content (AvgIpc) is 3.05. The Kier molecular flexibility index (Phi) is 2.91. The first kappa shape index (κ1) is 11.5. The lowest BCUT2D eigenvalue weighted by Gasteiger charge is -2.11. The minimum absolute atomic E-state index is 0.0433. The molecular weight excluding hydrogens is 250 g/mol. The fourth-order valence-corrected chi connectivity index (χ4v) is 2.98. The number of carbonyl (C=O) groups excluding carboxylic acids is 1. The standard InChI is InChI=1S/C13H13NO3S/c1-16-10-4-2-3-9-7-11(17-12(9)10)13(15)14-5-6-18-8-14/h2-4,7H,5-6,8H2,1H3.